The summed E-state index contributed by atoms with van der Waals surface area (Å²) in [5.74, 6) is -1.78. The number of ether oxygens (including phenoxy) is 1. The van der Waals surface area contributed by atoms with Crippen molar-refractivity contribution in [2.75, 3.05) is 23.9 Å². The lowest BCUT2D eigenvalue weighted by molar-refractivity contribution is -0.123. The average molecular weight is 432 g/mol. The van der Waals surface area contributed by atoms with Crippen LogP contribution in [0.1, 0.15) is 0 Å². The maximum Gasteiger partial charge on any atom is 0.263 e. The predicted octanol–water partition coefficient (Wildman–Crippen LogP) is 2.42. The minimum Gasteiger partial charge on any atom is -0.495 e. The number of nitrogens with one attached hydrogen (secondary N) is 1. The first kappa shape index (κ1) is 19.8. The van der Waals surface area contributed by atoms with Crippen LogP contribution in [0, 0.1) is 5.82 Å². The van der Waals surface area contributed by atoms with Crippen molar-refractivity contribution in [2.45, 2.75) is 12.1 Å². The van der Waals surface area contributed by atoms with Gasteiger partial charge in [0, 0.05) is 5.69 Å². The van der Waals surface area contributed by atoms with E-state index in [1.54, 1.807) is 0 Å². The highest BCUT2D eigenvalue weighted by molar-refractivity contribution is 6.33. The number of rotatable bonds is 5. The number of fused-ring (bicyclic) bond motifs is 1. The third kappa shape index (κ3) is 3.45. The van der Waals surface area contributed by atoms with E-state index in [2.05, 4.69) is 15.7 Å². The molecule has 0 aliphatic carbocycles. The van der Waals surface area contributed by atoms with E-state index in [0.29, 0.717) is 5.75 Å². The number of methoxy groups -OCH3 is 1. The van der Waals surface area contributed by atoms with Crippen molar-refractivity contribution in [3.63, 3.8) is 0 Å². The van der Waals surface area contributed by atoms with Crippen LogP contribution >= 0.6 is 11.6 Å². The fourth-order valence-corrected chi connectivity index (χ4v) is 3.57. The fraction of sp³-hybridized carbons (Fsp3) is 0.211. The molecular weight excluding hydrogens is 417 g/mol. The zero-order valence-corrected chi connectivity index (χ0v) is 16.3. The Morgan fingerprint density at radius 1 is 1.23 bits per heavy atom. The summed E-state index contributed by atoms with van der Waals surface area (Å²) < 4.78 is 18.4. The Labute approximate surface area is 175 Å². The van der Waals surface area contributed by atoms with E-state index in [-0.39, 0.29) is 22.9 Å². The van der Waals surface area contributed by atoms with E-state index >= 15 is 0 Å². The van der Waals surface area contributed by atoms with Gasteiger partial charge in [0.2, 0.25) is 5.91 Å². The highest BCUT2D eigenvalue weighted by Gasteiger charge is 2.55. The van der Waals surface area contributed by atoms with Crippen molar-refractivity contribution in [3.05, 3.63) is 53.3 Å². The third-order valence-corrected chi connectivity index (χ3v) is 4.96. The van der Waals surface area contributed by atoms with Gasteiger partial charge in [-0.3, -0.25) is 19.4 Å². The molecule has 0 spiro atoms. The molecule has 1 N–H and O–H groups in total. The van der Waals surface area contributed by atoms with Crippen molar-refractivity contribution in [1.29, 1.82) is 0 Å². The van der Waals surface area contributed by atoms with Gasteiger partial charge in [-0.2, -0.15) is 5.11 Å². The second-order valence-electron chi connectivity index (χ2n) is 6.58. The molecule has 4 rings (SSSR count). The molecule has 2 aliphatic heterocycles. The molecule has 0 bridgehead atoms. The molecule has 154 valence electrons. The number of anilines is 2. The van der Waals surface area contributed by atoms with Crippen LogP contribution in [0.5, 0.6) is 5.75 Å². The number of nitrogens with zero attached hydrogens (tertiary/aromatic N) is 4. The van der Waals surface area contributed by atoms with Crippen LogP contribution in [-0.2, 0) is 14.4 Å². The molecule has 0 saturated carbocycles. The molecule has 2 heterocycles. The van der Waals surface area contributed by atoms with Crippen molar-refractivity contribution in [1.82, 2.24) is 5.01 Å². The molecule has 0 radical (unpaired) electrons. The van der Waals surface area contributed by atoms with Crippen molar-refractivity contribution < 1.29 is 23.5 Å². The molecule has 11 heteroatoms. The van der Waals surface area contributed by atoms with Gasteiger partial charge < -0.3 is 10.1 Å². The number of benzene rings is 2. The fourth-order valence-electron chi connectivity index (χ4n) is 3.32. The van der Waals surface area contributed by atoms with E-state index in [0.717, 1.165) is 16.0 Å². The van der Waals surface area contributed by atoms with E-state index in [4.69, 9.17) is 16.3 Å². The molecule has 1 saturated heterocycles. The van der Waals surface area contributed by atoms with Gasteiger partial charge in [0.25, 0.3) is 11.8 Å². The number of imide groups is 1. The maximum absolute atomic E-state index is 13.3. The van der Waals surface area contributed by atoms with Crippen molar-refractivity contribution >= 4 is 40.7 Å². The van der Waals surface area contributed by atoms with Gasteiger partial charge in [-0.15, -0.1) is 0 Å². The summed E-state index contributed by atoms with van der Waals surface area (Å²) in [5, 5.41) is 11.6. The van der Waals surface area contributed by atoms with Gasteiger partial charge in [0.05, 0.1) is 17.8 Å². The average Bonchev–Trinajstić information content (AvgIpc) is 3.21. The molecule has 2 unspecified atom stereocenters. The van der Waals surface area contributed by atoms with E-state index in [1.165, 1.54) is 43.5 Å². The summed E-state index contributed by atoms with van der Waals surface area (Å²) in [6, 6.07) is 7.79. The van der Waals surface area contributed by atoms with Gasteiger partial charge in [0.15, 0.2) is 12.1 Å². The summed E-state index contributed by atoms with van der Waals surface area (Å²) in [4.78, 5) is 39.0. The first-order valence-electron chi connectivity index (χ1n) is 8.83. The molecule has 2 aliphatic rings. The summed E-state index contributed by atoms with van der Waals surface area (Å²) in [5.41, 5.74) is 0.528. The lowest BCUT2D eigenvalue weighted by atomic mass is 10.1. The van der Waals surface area contributed by atoms with E-state index < -0.39 is 35.6 Å². The molecule has 3 amide bonds. The van der Waals surface area contributed by atoms with Gasteiger partial charge in [-0.25, -0.2) is 9.29 Å². The largest absolute Gasteiger partial charge is 0.495 e. The molecule has 9 nitrogen and oxygen atoms in total. The zero-order valence-electron chi connectivity index (χ0n) is 15.6. The molecule has 1 fully saturated rings. The smallest absolute Gasteiger partial charge is 0.263 e. The second-order valence-corrected chi connectivity index (χ2v) is 6.99. The van der Waals surface area contributed by atoms with Crippen LogP contribution < -0.4 is 15.0 Å². The standard InChI is InChI=1S/C19H15ClFN5O4/c1-30-14-6-5-12(8-13(14)20)26-18(28)16-17(19(26)29)25(24-23-16)9-15(27)22-11-4-2-3-10(21)7-11/h2-8,16-17H,9H2,1H3,(H,22,27). The van der Waals surface area contributed by atoms with Crippen LogP contribution in [0.25, 0.3) is 0 Å². The lowest BCUT2D eigenvalue weighted by Crippen LogP contribution is -2.43. The summed E-state index contributed by atoms with van der Waals surface area (Å²) >= 11 is 6.10. The molecule has 2 atom stereocenters. The topological polar surface area (TPSA) is 104 Å². The number of carbonyl (C=O) groups excluding carboxylic acids is 3. The summed E-state index contributed by atoms with van der Waals surface area (Å²) in [7, 11) is 1.45. The number of amides is 3. The van der Waals surface area contributed by atoms with Crippen LogP contribution in [0.2, 0.25) is 5.02 Å². The lowest BCUT2D eigenvalue weighted by Gasteiger charge is -2.20. The Kier molecular flexibility index (Phi) is 5.08. The van der Waals surface area contributed by atoms with E-state index in [9.17, 15) is 18.8 Å². The normalized spacial score (nSPS) is 20.0. The quantitative estimate of drug-likeness (QED) is 0.732. The molecule has 30 heavy (non-hydrogen) atoms. The first-order valence-corrected chi connectivity index (χ1v) is 9.21. The monoisotopic (exact) mass is 431 g/mol. The predicted molar refractivity (Wildman–Crippen MR) is 105 cm³/mol. The summed E-state index contributed by atoms with van der Waals surface area (Å²) in [6.45, 7) is -0.336. The Morgan fingerprint density at radius 3 is 2.73 bits per heavy atom. The minimum atomic E-state index is -1.06. The van der Waals surface area contributed by atoms with Crippen molar-refractivity contribution in [3.8, 4) is 5.75 Å². The summed E-state index contributed by atoms with van der Waals surface area (Å²) in [6.07, 6.45) is 0. The number of hydrogen-bond donors (Lipinski definition) is 1. The van der Waals surface area contributed by atoms with Crippen LogP contribution in [0.4, 0.5) is 15.8 Å². The number of carbonyl (C=O) groups is 3. The van der Waals surface area contributed by atoms with Gasteiger partial charge >= 0.3 is 0 Å². The third-order valence-electron chi connectivity index (χ3n) is 4.67. The van der Waals surface area contributed by atoms with Crippen LogP contribution in [0.15, 0.2) is 52.8 Å². The first-order chi connectivity index (χ1) is 14.4. The van der Waals surface area contributed by atoms with Gasteiger partial charge in [-0.05, 0) is 36.4 Å². The molecule has 2 aromatic carbocycles. The van der Waals surface area contributed by atoms with E-state index in [1.807, 2.05) is 0 Å². The number of hydrogen-bond acceptors (Lipinski definition) is 7. The van der Waals surface area contributed by atoms with Crippen LogP contribution in [-0.4, -0.2) is 48.5 Å². The zero-order chi connectivity index (χ0) is 21.4. The van der Waals surface area contributed by atoms with Crippen molar-refractivity contribution in [2.24, 2.45) is 10.3 Å². The maximum atomic E-state index is 13.3. The molecule has 2 aromatic rings. The number of halogens is 2. The molecule has 0 aromatic heterocycles. The highest BCUT2D eigenvalue weighted by Crippen LogP contribution is 2.35. The Hall–Kier alpha value is -3.53. The highest BCUT2D eigenvalue weighted by atomic mass is 35.5. The van der Waals surface area contributed by atoms with Gasteiger partial charge in [0.1, 0.15) is 18.1 Å². The molecular formula is C19H15ClFN5O4. The second kappa shape index (κ2) is 7.71. The minimum absolute atomic E-state index is 0.237. The Balaban J connectivity index is 1.50. The Morgan fingerprint density at radius 2 is 2.03 bits per heavy atom. The SMILES string of the molecule is COc1ccc(N2C(=O)C3N=NN(CC(=O)Nc4cccc(F)c4)C3C2=O)cc1Cl. The van der Waals surface area contributed by atoms with Gasteiger partial charge in [-0.1, -0.05) is 22.9 Å². The van der Waals surface area contributed by atoms with Crippen LogP contribution in [0.3, 0.4) is 0 Å². The Bertz CT molecular complexity index is 1080.